The van der Waals surface area contributed by atoms with Gasteiger partial charge in [0.2, 0.25) is 0 Å². The topological polar surface area (TPSA) is 46.2 Å². The van der Waals surface area contributed by atoms with E-state index in [-0.39, 0.29) is 11.7 Å². The number of benzene rings is 1. The van der Waals surface area contributed by atoms with Crippen molar-refractivity contribution in [2.24, 2.45) is 5.92 Å². The van der Waals surface area contributed by atoms with E-state index in [9.17, 15) is 8.42 Å². The van der Waals surface area contributed by atoms with Gasteiger partial charge in [-0.3, -0.25) is 0 Å². The summed E-state index contributed by atoms with van der Waals surface area (Å²) in [7, 11) is -3.20. The van der Waals surface area contributed by atoms with Crippen LogP contribution in [0.25, 0.3) is 0 Å². The number of halogens is 1. The lowest BCUT2D eigenvalue weighted by Gasteiger charge is -2.08. The zero-order chi connectivity index (χ0) is 11.1. The van der Waals surface area contributed by atoms with Crippen molar-refractivity contribution in [2.45, 2.75) is 11.8 Å². The number of sulfone groups is 1. The highest BCUT2D eigenvalue weighted by molar-refractivity contribution is 7.91. The maximum Gasteiger partial charge on any atom is 0.180 e. The molecule has 1 aliphatic rings. The maximum atomic E-state index is 12.0. The molecule has 0 radical (unpaired) electrons. The lowest BCUT2D eigenvalue weighted by atomic mass is 10.2. The maximum absolute atomic E-state index is 12.0. The van der Waals surface area contributed by atoms with Gasteiger partial charge in [0.15, 0.2) is 9.84 Å². The third kappa shape index (κ3) is 1.96. The van der Waals surface area contributed by atoms with Crippen LogP contribution in [0.3, 0.4) is 0 Å². The van der Waals surface area contributed by atoms with Crippen molar-refractivity contribution in [2.75, 3.05) is 17.6 Å². The van der Waals surface area contributed by atoms with Gasteiger partial charge in [-0.15, -0.1) is 0 Å². The normalized spacial score (nSPS) is 23.7. The van der Waals surface area contributed by atoms with E-state index in [1.165, 1.54) is 0 Å². The molecule has 2 rings (SSSR count). The van der Waals surface area contributed by atoms with Crippen LogP contribution in [-0.4, -0.2) is 20.7 Å². The molecule has 1 aliphatic heterocycles. The Kier molecular flexibility index (Phi) is 2.64. The van der Waals surface area contributed by atoms with Crippen LogP contribution in [0.4, 0.5) is 5.69 Å². The Morgan fingerprint density at radius 2 is 2.20 bits per heavy atom. The van der Waals surface area contributed by atoms with Crippen molar-refractivity contribution in [3.63, 3.8) is 0 Å². The Labute approximate surface area is 94.4 Å². The highest BCUT2D eigenvalue weighted by Gasteiger charge is 2.26. The highest BCUT2D eigenvalue weighted by Crippen LogP contribution is 2.33. The van der Waals surface area contributed by atoms with Crippen LogP contribution in [0.5, 0.6) is 0 Å². The summed E-state index contributed by atoms with van der Waals surface area (Å²) in [6.07, 6.45) is 0. The molecule has 1 heterocycles. The molecule has 0 bridgehead atoms. The number of hydrogen-bond donors (Lipinski definition) is 1. The molecule has 15 heavy (non-hydrogen) atoms. The highest BCUT2D eigenvalue weighted by atomic mass is 35.5. The van der Waals surface area contributed by atoms with Crippen LogP contribution in [-0.2, 0) is 9.84 Å². The molecule has 0 aromatic heterocycles. The van der Waals surface area contributed by atoms with Crippen molar-refractivity contribution in [3.05, 3.63) is 23.2 Å². The van der Waals surface area contributed by atoms with E-state index in [2.05, 4.69) is 5.32 Å². The number of rotatable bonds is 0. The SMILES string of the molecule is CC1CNc2c(Cl)cccc2S(=O)(=O)C1. The van der Waals surface area contributed by atoms with Gasteiger partial charge < -0.3 is 5.32 Å². The molecule has 0 saturated heterocycles. The monoisotopic (exact) mass is 245 g/mol. The summed E-state index contributed by atoms with van der Waals surface area (Å²) in [5.41, 5.74) is 0.545. The standard InChI is InChI=1S/C10H12ClNO2S/c1-7-5-12-10-8(11)3-2-4-9(10)15(13,14)6-7/h2-4,7,12H,5-6H2,1H3. The smallest absolute Gasteiger partial charge is 0.180 e. The Bertz CT molecular complexity index is 484. The van der Waals surface area contributed by atoms with Crippen molar-refractivity contribution in [1.82, 2.24) is 0 Å². The van der Waals surface area contributed by atoms with Crippen LogP contribution in [0, 0.1) is 5.92 Å². The molecule has 1 N–H and O–H groups in total. The molecular formula is C10H12ClNO2S. The first-order valence-electron chi connectivity index (χ1n) is 4.76. The second-order valence-corrected chi connectivity index (χ2v) is 6.29. The second-order valence-electron chi connectivity index (χ2n) is 3.88. The number of hydrogen-bond acceptors (Lipinski definition) is 3. The summed E-state index contributed by atoms with van der Waals surface area (Å²) in [6, 6.07) is 4.96. The van der Waals surface area contributed by atoms with Crippen LogP contribution in [0.2, 0.25) is 5.02 Å². The van der Waals surface area contributed by atoms with E-state index in [0.29, 0.717) is 22.2 Å². The molecule has 1 atom stereocenters. The van der Waals surface area contributed by atoms with Gasteiger partial charge in [0.1, 0.15) is 0 Å². The summed E-state index contributed by atoms with van der Waals surface area (Å²) in [5, 5.41) is 3.55. The minimum Gasteiger partial charge on any atom is -0.382 e. The first-order chi connectivity index (χ1) is 7.00. The van der Waals surface area contributed by atoms with E-state index in [1.807, 2.05) is 6.92 Å². The fourth-order valence-corrected chi connectivity index (χ4v) is 3.86. The molecule has 82 valence electrons. The summed E-state index contributed by atoms with van der Waals surface area (Å²) in [4.78, 5) is 0.319. The molecule has 0 saturated carbocycles. The molecule has 0 spiro atoms. The summed E-state index contributed by atoms with van der Waals surface area (Å²) >= 11 is 5.96. The van der Waals surface area contributed by atoms with E-state index in [4.69, 9.17) is 11.6 Å². The van der Waals surface area contributed by atoms with Gasteiger partial charge in [-0.05, 0) is 18.1 Å². The predicted octanol–water partition coefficient (Wildman–Crippen LogP) is 2.18. The average molecular weight is 246 g/mol. The van der Waals surface area contributed by atoms with E-state index >= 15 is 0 Å². The first-order valence-corrected chi connectivity index (χ1v) is 6.79. The summed E-state index contributed by atoms with van der Waals surface area (Å²) < 4.78 is 23.9. The minimum absolute atomic E-state index is 0.0958. The zero-order valence-electron chi connectivity index (χ0n) is 8.33. The van der Waals surface area contributed by atoms with Gasteiger partial charge in [-0.25, -0.2) is 8.42 Å². The summed E-state index contributed by atoms with van der Waals surface area (Å²) in [5.74, 6) is 0.270. The van der Waals surface area contributed by atoms with Crippen LogP contribution >= 0.6 is 11.6 Å². The second kappa shape index (κ2) is 3.68. The largest absolute Gasteiger partial charge is 0.382 e. The minimum atomic E-state index is -3.20. The third-order valence-corrected chi connectivity index (χ3v) is 4.77. The zero-order valence-corrected chi connectivity index (χ0v) is 9.90. The van der Waals surface area contributed by atoms with Gasteiger partial charge in [0.25, 0.3) is 0 Å². The molecule has 1 aromatic rings. The Hall–Kier alpha value is -0.740. The summed E-state index contributed by atoms with van der Waals surface area (Å²) in [6.45, 7) is 2.54. The molecule has 0 aliphatic carbocycles. The van der Waals surface area contributed by atoms with Gasteiger partial charge in [0, 0.05) is 6.54 Å². The molecule has 3 nitrogen and oxygen atoms in total. The van der Waals surface area contributed by atoms with Crippen LogP contribution < -0.4 is 5.32 Å². The quantitative estimate of drug-likeness (QED) is 0.762. The molecule has 1 aromatic carbocycles. The first kappa shape index (κ1) is 10.8. The van der Waals surface area contributed by atoms with Gasteiger partial charge in [-0.2, -0.15) is 0 Å². The fraction of sp³-hybridized carbons (Fsp3) is 0.400. The Balaban J connectivity index is 2.64. The van der Waals surface area contributed by atoms with Crippen molar-refractivity contribution in [3.8, 4) is 0 Å². The van der Waals surface area contributed by atoms with Gasteiger partial charge in [-0.1, -0.05) is 24.6 Å². The van der Waals surface area contributed by atoms with Crippen LogP contribution in [0.1, 0.15) is 6.92 Å². The molecule has 0 fully saturated rings. The number of para-hydroxylation sites is 1. The van der Waals surface area contributed by atoms with Gasteiger partial charge in [0.05, 0.1) is 21.4 Å². The molecule has 1 unspecified atom stereocenters. The van der Waals surface area contributed by atoms with Crippen molar-refractivity contribution < 1.29 is 8.42 Å². The average Bonchev–Trinajstić information content (AvgIpc) is 2.24. The van der Waals surface area contributed by atoms with Crippen molar-refractivity contribution in [1.29, 1.82) is 0 Å². The van der Waals surface area contributed by atoms with Crippen LogP contribution in [0.15, 0.2) is 23.1 Å². The van der Waals surface area contributed by atoms with Gasteiger partial charge >= 0.3 is 0 Å². The van der Waals surface area contributed by atoms with E-state index < -0.39 is 9.84 Å². The fourth-order valence-electron chi connectivity index (χ4n) is 1.73. The third-order valence-electron chi connectivity index (χ3n) is 2.44. The molecular weight excluding hydrogens is 234 g/mol. The molecule has 0 amide bonds. The predicted molar refractivity (Wildman–Crippen MR) is 61.2 cm³/mol. The Morgan fingerprint density at radius 1 is 1.47 bits per heavy atom. The Morgan fingerprint density at radius 3 is 2.93 bits per heavy atom. The number of anilines is 1. The number of fused-ring (bicyclic) bond motifs is 1. The molecule has 5 heteroatoms. The van der Waals surface area contributed by atoms with Crippen molar-refractivity contribution >= 4 is 27.1 Å². The number of nitrogens with one attached hydrogen (secondary N) is 1. The van der Waals surface area contributed by atoms with E-state index in [0.717, 1.165) is 0 Å². The lowest BCUT2D eigenvalue weighted by Crippen LogP contribution is -2.15. The van der Waals surface area contributed by atoms with E-state index in [1.54, 1.807) is 18.2 Å². The lowest BCUT2D eigenvalue weighted by molar-refractivity contribution is 0.582.